The van der Waals surface area contributed by atoms with Gasteiger partial charge < -0.3 is 29.9 Å². The van der Waals surface area contributed by atoms with E-state index >= 15 is 0 Å². The molecular weight excluding hydrogens is 444 g/mol. The zero-order valence-corrected chi connectivity index (χ0v) is 23.0. The summed E-state index contributed by atoms with van der Waals surface area (Å²) in [4.78, 5) is 0. The lowest BCUT2D eigenvalue weighted by molar-refractivity contribution is -0.0230. The number of aliphatic hydroxyl groups excluding tert-OH is 4. The van der Waals surface area contributed by atoms with Gasteiger partial charge in [0.25, 0.3) is 0 Å². The molecule has 0 aliphatic rings. The highest BCUT2D eigenvalue weighted by Crippen LogP contribution is 2.20. The van der Waals surface area contributed by atoms with E-state index in [0.29, 0.717) is 13.2 Å². The lowest BCUT2D eigenvalue weighted by atomic mass is 9.88. The molecule has 0 spiro atoms. The van der Waals surface area contributed by atoms with E-state index in [1.165, 1.54) is 0 Å². The van der Waals surface area contributed by atoms with Crippen molar-refractivity contribution < 1.29 is 29.9 Å². The van der Waals surface area contributed by atoms with Crippen molar-refractivity contribution in [2.45, 2.75) is 85.9 Å². The van der Waals surface area contributed by atoms with Gasteiger partial charge in [0, 0.05) is 17.8 Å². The van der Waals surface area contributed by atoms with Crippen LogP contribution < -0.4 is 4.74 Å². The molecule has 1 rings (SSSR count). The van der Waals surface area contributed by atoms with E-state index in [0.717, 1.165) is 17.7 Å². The summed E-state index contributed by atoms with van der Waals surface area (Å²) in [5, 5.41) is 39.5. The minimum absolute atomic E-state index is 0.0480. The predicted octanol–water partition coefficient (Wildman–Crippen LogP) is 4.75. The van der Waals surface area contributed by atoms with Gasteiger partial charge in [0.2, 0.25) is 0 Å². The van der Waals surface area contributed by atoms with Crippen molar-refractivity contribution >= 4 is 0 Å². The molecule has 35 heavy (non-hydrogen) atoms. The molecular formula is C29H50O6. The maximum absolute atomic E-state index is 10.3. The topological polar surface area (TPSA) is 99.4 Å². The second-order valence-corrected chi connectivity index (χ2v) is 9.46. The standard InChI is InChI=1S/C18H28O4.C11H22O2/c1-5-6-17(19)14(3)18(20)13(2)11-22-12-15-7-9-16(21-4)10-8-15;1-5-7-10(12)9(4)11(13)8(3)6-2/h5-10,13-14,17-20H,11-12H2,1-4H3;5,7-13H,6H2,1-4H3/b6-5+;7-5+/t13-,14-,17+,18-;8-,9-,10+,11-/m00/s1. The second-order valence-electron chi connectivity index (χ2n) is 9.46. The predicted molar refractivity (Wildman–Crippen MR) is 143 cm³/mol. The summed E-state index contributed by atoms with van der Waals surface area (Å²) in [6.45, 7) is 14.3. The fourth-order valence-corrected chi connectivity index (χ4v) is 3.61. The Kier molecular flexibility index (Phi) is 17.7. The number of rotatable bonds is 14. The molecule has 0 radical (unpaired) electrons. The highest BCUT2D eigenvalue weighted by Gasteiger charge is 2.26. The fraction of sp³-hybridized carbons (Fsp3) is 0.655. The van der Waals surface area contributed by atoms with Crippen LogP contribution in [0.25, 0.3) is 0 Å². The number of methoxy groups -OCH3 is 1. The molecule has 0 aromatic heterocycles. The van der Waals surface area contributed by atoms with Crippen molar-refractivity contribution in [3.8, 4) is 5.75 Å². The molecule has 0 amide bonds. The van der Waals surface area contributed by atoms with E-state index in [9.17, 15) is 20.4 Å². The highest BCUT2D eigenvalue weighted by molar-refractivity contribution is 5.26. The highest BCUT2D eigenvalue weighted by atomic mass is 16.5. The van der Waals surface area contributed by atoms with E-state index < -0.39 is 24.4 Å². The molecule has 0 bridgehead atoms. The molecule has 0 unspecified atom stereocenters. The van der Waals surface area contributed by atoms with E-state index in [1.54, 1.807) is 25.3 Å². The Morgan fingerprint density at radius 3 is 1.63 bits per heavy atom. The molecule has 6 heteroatoms. The normalized spacial score (nSPS) is 18.7. The third kappa shape index (κ3) is 12.7. The lowest BCUT2D eigenvalue weighted by Crippen LogP contribution is -2.35. The van der Waals surface area contributed by atoms with Gasteiger partial charge in [0.05, 0.1) is 44.7 Å². The van der Waals surface area contributed by atoms with Gasteiger partial charge in [0.1, 0.15) is 5.75 Å². The van der Waals surface area contributed by atoms with Crippen LogP contribution in [0.3, 0.4) is 0 Å². The number of aliphatic hydroxyl groups is 4. The van der Waals surface area contributed by atoms with Crippen LogP contribution >= 0.6 is 0 Å². The van der Waals surface area contributed by atoms with Gasteiger partial charge in [-0.25, -0.2) is 0 Å². The van der Waals surface area contributed by atoms with E-state index in [2.05, 4.69) is 0 Å². The monoisotopic (exact) mass is 494 g/mol. The van der Waals surface area contributed by atoms with Gasteiger partial charge in [-0.1, -0.05) is 77.5 Å². The SMILES string of the molecule is C/C=C/[C@@H](O)[C@H](C)[C@@H](O)[C@@H](C)CC.C/C=C/[C@@H](O)[C@H](C)[C@@H](O)[C@@H](C)COCc1ccc(OC)cc1. The molecule has 0 fully saturated rings. The third-order valence-electron chi connectivity index (χ3n) is 6.55. The van der Waals surface area contributed by atoms with Gasteiger partial charge >= 0.3 is 0 Å². The van der Waals surface area contributed by atoms with Crippen LogP contribution in [0.15, 0.2) is 48.6 Å². The summed E-state index contributed by atoms with van der Waals surface area (Å²) in [7, 11) is 1.64. The fourth-order valence-electron chi connectivity index (χ4n) is 3.61. The molecule has 0 saturated heterocycles. The average Bonchev–Trinajstić information content (AvgIpc) is 2.87. The molecule has 1 aromatic carbocycles. The van der Waals surface area contributed by atoms with Crippen molar-refractivity contribution in [2.24, 2.45) is 23.7 Å². The molecule has 1 aromatic rings. The first-order valence-corrected chi connectivity index (χ1v) is 12.7. The second kappa shape index (κ2) is 18.6. The maximum Gasteiger partial charge on any atom is 0.118 e. The zero-order valence-electron chi connectivity index (χ0n) is 23.0. The van der Waals surface area contributed by atoms with Crippen LogP contribution in [0.5, 0.6) is 5.75 Å². The third-order valence-corrected chi connectivity index (χ3v) is 6.55. The van der Waals surface area contributed by atoms with Gasteiger partial charge in [-0.3, -0.25) is 0 Å². The Morgan fingerprint density at radius 2 is 1.23 bits per heavy atom. The first-order chi connectivity index (χ1) is 16.5. The summed E-state index contributed by atoms with van der Waals surface area (Å²) < 4.78 is 10.8. The summed E-state index contributed by atoms with van der Waals surface area (Å²) >= 11 is 0. The summed E-state index contributed by atoms with van der Waals surface area (Å²) in [6.07, 6.45) is 5.75. The molecule has 202 valence electrons. The van der Waals surface area contributed by atoms with Gasteiger partial charge in [-0.2, -0.15) is 0 Å². The molecule has 4 N–H and O–H groups in total. The summed E-state index contributed by atoms with van der Waals surface area (Å²) in [5.41, 5.74) is 1.06. The van der Waals surface area contributed by atoms with Crippen LogP contribution in [-0.4, -0.2) is 58.6 Å². The Labute approximate surface area is 213 Å². The zero-order chi connectivity index (χ0) is 27.0. The van der Waals surface area contributed by atoms with E-state index in [-0.39, 0.29) is 23.7 Å². The number of benzene rings is 1. The molecule has 6 nitrogen and oxygen atoms in total. The van der Waals surface area contributed by atoms with Crippen LogP contribution in [-0.2, 0) is 11.3 Å². The van der Waals surface area contributed by atoms with Gasteiger partial charge in [-0.15, -0.1) is 0 Å². The van der Waals surface area contributed by atoms with Crippen molar-refractivity contribution in [3.05, 3.63) is 54.1 Å². The largest absolute Gasteiger partial charge is 0.497 e. The Hall–Kier alpha value is -1.70. The lowest BCUT2D eigenvalue weighted by Gasteiger charge is -2.27. The van der Waals surface area contributed by atoms with Crippen molar-refractivity contribution in [2.75, 3.05) is 13.7 Å². The number of allylic oxidation sites excluding steroid dienone is 2. The number of hydrogen-bond acceptors (Lipinski definition) is 6. The maximum atomic E-state index is 10.3. The van der Waals surface area contributed by atoms with Gasteiger partial charge in [-0.05, 0) is 37.5 Å². The van der Waals surface area contributed by atoms with Crippen LogP contribution in [0.2, 0.25) is 0 Å². The Balaban J connectivity index is 0.000000761. The molecule has 0 aliphatic carbocycles. The minimum atomic E-state index is -0.635. The van der Waals surface area contributed by atoms with Crippen LogP contribution in [0, 0.1) is 23.7 Å². The molecule has 0 saturated carbocycles. The van der Waals surface area contributed by atoms with Crippen molar-refractivity contribution in [1.82, 2.24) is 0 Å². The first kappa shape index (κ1) is 33.3. The minimum Gasteiger partial charge on any atom is -0.497 e. The molecule has 8 atom stereocenters. The first-order valence-electron chi connectivity index (χ1n) is 12.7. The van der Waals surface area contributed by atoms with E-state index in [1.807, 2.05) is 78.8 Å². The number of hydrogen-bond donors (Lipinski definition) is 4. The Morgan fingerprint density at radius 1 is 0.771 bits per heavy atom. The summed E-state index contributed by atoms with van der Waals surface area (Å²) in [5.74, 6) is 0.698. The average molecular weight is 495 g/mol. The quantitative estimate of drug-likeness (QED) is 0.279. The Bertz CT molecular complexity index is 702. The van der Waals surface area contributed by atoms with Crippen molar-refractivity contribution in [3.63, 3.8) is 0 Å². The smallest absolute Gasteiger partial charge is 0.118 e. The molecule has 0 aliphatic heterocycles. The van der Waals surface area contributed by atoms with Crippen molar-refractivity contribution in [1.29, 1.82) is 0 Å². The summed E-state index contributed by atoms with van der Waals surface area (Å²) in [6, 6.07) is 7.70. The van der Waals surface area contributed by atoms with Gasteiger partial charge in [0.15, 0.2) is 0 Å². The molecule has 0 heterocycles. The van der Waals surface area contributed by atoms with E-state index in [4.69, 9.17) is 9.47 Å². The number of ether oxygens (including phenoxy) is 2. The van der Waals surface area contributed by atoms with Crippen LogP contribution in [0.4, 0.5) is 0 Å². The van der Waals surface area contributed by atoms with Crippen LogP contribution in [0.1, 0.15) is 60.5 Å².